The van der Waals surface area contributed by atoms with Crippen LogP contribution in [0.2, 0.25) is 0 Å². The Morgan fingerprint density at radius 2 is 2.12 bits per heavy atom. The van der Waals surface area contributed by atoms with Crippen molar-refractivity contribution in [2.75, 3.05) is 20.1 Å². The molecule has 0 aromatic carbocycles. The molecule has 1 aromatic heterocycles. The first-order valence-electron chi connectivity index (χ1n) is 5.38. The van der Waals surface area contributed by atoms with E-state index in [-0.39, 0.29) is 9.56 Å². The molecule has 1 N–H and O–H groups in total. The van der Waals surface area contributed by atoms with Crippen LogP contribution >= 0.6 is 15.9 Å². The van der Waals surface area contributed by atoms with Gasteiger partial charge in [-0.15, -0.1) is 0 Å². The lowest BCUT2D eigenvalue weighted by Crippen LogP contribution is -2.26. The van der Waals surface area contributed by atoms with E-state index in [4.69, 9.17) is 4.42 Å². The van der Waals surface area contributed by atoms with Crippen molar-refractivity contribution in [1.82, 2.24) is 9.62 Å². The number of hydrogen-bond acceptors (Lipinski definition) is 4. The number of furan rings is 1. The molecule has 0 fully saturated rings. The largest absolute Gasteiger partial charge is 0.452 e. The lowest BCUT2D eigenvalue weighted by atomic mass is 10.4. The average molecular weight is 325 g/mol. The van der Waals surface area contributed by atoms with Crippen LogP contribution in [-0.4, -0.2) is 32.9 Å². The van der Waals surface area contributed by atoms with Gasteiger partial charge in [0.1, 0.15) is 10.7 Å². The highest BCUT2D eigenvalue weighted by molar-refractivity contribution is 9.10. The van der Waals surface area contributed by atoms with E-state index in [0.717, 1.165) is 6.54 Å². The first kappa shape index (κ1) is 14.7. The second-order valence-electron chi connectivity index (χ2n) is 3.55. The van der Waals surface area contributed by atoms with Crippen LogP contribution in [0, 0.1) is 0 Å². The van der Waals surface area contributed by atoms with E-state index in [0.29, 0.717) is 18.8 Å². The monoisotopic (exact) mass is 324 g/mol. The molecular weight excluding hydrogens is 308 g/mol. The minimum atomic E-state index is -3.46. The first-order chi connectivity index (χ1) is 7.93. The summed E-state index contributed by atoms with van der Waals surface area (Å²) in [5.74, 6) is 0.599. The third kappa shape index (κ3) is 3.31. The van der Waals surface area contributed by atoms with Crippen molar-refractivity contribution < 1.29 is 12.8 Å². The lowest BCUT2D eigenvalue weighted by molar-refractivity contribution is 0.458. The van der Waals surface area contributed by atoms with Crippen molar-refractivity contribution in [3.63, 3.8) is 0 Å². The van der Waals surface area contributed by atoms with Crippen molar-refractivity contribution in [3.05, 3.63) is 16.5 Å². The summed E-state index contributed by atoms with van der Waals surface area (Å²) < 4.78 is 31.1. The highest BCUT2D eigenvalue weighted by atomic mass is 79.9. The zero-order chi connectivity index (χ0) is 13.1. The Bertz CT molecular complexity index is 470. The quantitative estimate of drug-likeness (QED) is 0.866. The minimum Gasteiger partial charge on any atom is -0.452 e. The molecule has 0 amide bonds. The molecule has 0 saturated carbocycles. The fourth-order valence-corrected chi connectivity index (χ4v) is 3.38. The van der Waals surface area contributed by atoms with E-state index < -0.39 is 10.0 Å². The third-order valence-electron chi connectivity index (χ3n) is 2.39. The van der Waals surface area contributed by atoms with Gasteiger partial charge >= 0.3 is 0 Å². The van der Waals surface area contributed by atoms with Gasteiger partial charge in [0, 0.05) is 19.7 Å². The molecule has 0 aliphatic rings. The fraction of sp³-hybridized carbons (Fsp3) is 0.600. The predicted molar refractivity (Wildman–Crippen MR) is 69.3 cm³/mol. The Labute approximate surface area is 110 Å². The molecule has 0 aliphatic carbocycles. The summed E-state index contributed by atoms with van der Waals surface area (Å²) in [5.41, 5.74) is 0. The van der Waals surface area contributed by atoms with Crippen molar-refractivity contribution in [3.8, 4) is 0 Å². The van der Waals surface area contributed by atoms with Crippen LogP contribution in [0.3, 0.4) is 0 Å². The second-order valence-corrected chi connectivity index (χ2v) is 6.28. The number of hydrogen-bond donors (Lipinski definition) is 1. The molecule has 0 unspecified atom stereocenters. The minimum absolute atomic E-state index is 0.176. The van der Waals surface area contributed by atoms with Gasteiger partial charge in [0.15, 0.2) is 4.67 Å². The summed E-state index contributed by atoms with van der Waals surface area (Å²) in [5, 5.41) is 3.08. The lowest BCUT2D eigenvalue weighted by Gasteiger charge is -2.13. The SMILES string of the molecule is CCNCc1cc(S(=O)(=O)N(C)CC)c(Br)o1. The zero-order valence-corrected chi connectivity index (χ0v) is 12.6. The van der Waals surface area contributed by atoms with Gasteiger partial charge in [0.25, 0.3) is 0 Å². The van der Waals surface area contributed by atoms with E-state index in [1.807, 2.05) is 6.92 Å². The molecule has 98 valence electrons. The van der Waals surface area contributed by atoms with E-state index >= 15 is 0 Å². The zero-order valence-electron chi connectivity index (χ0n) is 10.2. The molecule has 0 radical (unpaired) electrons. The Balaban J connectivity index is 3.02. The van der Waals surface area contributed by atoms with Gasteiger partial charge in [-0.05, 0) is 22.5 Å². The maximum atomic E-state index is 12.1. The maximum Gasteiger partial charge on any atom is 0.247 e. The van der Waals surface area contributed by atoms with Crippen LogP contribution in [-0.2, 0) is 16.6 Å². The van der Waals surface area contributed by atoms with Crippen molar-refractivity contribution in [1.29, 1.82) is 0 Å². The van der Waals surface area contributed by atoms with Gasteiger partial charge in [-0.1, -0.05) is 13.8 Å². The molecule has 5 nitrogen and oxygen atoms in total. The smallest absolute Gasteiger partial charge is 0.247 e. The number of nitrogens with one attached hydrogen (secondary N) is 1. The number of sulfonamides is 1. The molecule has 0 spiro atoms. The summed E-state index contributed by atoms with van der Waals surface area (Å²) in [6, 6.07) is 1.55. The van der Waals surface area contributed by atoms with Crippen LogP contribution in [0.5, 0.6) is 0 Å². The topological polar surface area (TPSA) is 62.6 Å². The standard InChI is InChI=1S/C10H17BrN2O3S/c1-4-12-7-8-6-9(10(11)16-8)17(14,15)13(3)5-2/h6,12H,4-5,7H2,1-3H3. The molecule has 0 aliphatic heterocycles. The van der Waals surface area contributed by atoms with E-state index in [1.165, 1.54) is 4.31 Å². The van der Waals surface area contributed by atoms with Crippen molar-refractivity contribution in [2.45, 2.75) is 25.3 Å². The van der Waals surface area contributed by atoms with Gasteiger partial charge in [-0.25, -0.2) is 12.7 Å². The third-order valence-corrected chi connectivity index (χ3v) is 5.18. The molecule has 1 heterocycles. The Morgan fingerprint density at radius 1 is 1.47 bits per heavy atom. The van der Waals surface area contributed by atoms with Crippen molar-refractivity contribution >= 4 is 26.0 Å². The molecule has 17 heavy (non-hydrogen) atoms. The highest BCUT2D eigenvalue weighted by Crippen LogP contribution is 2.28. The predicted octanol–water partition coefficient (Wildman–Crippen LogP) is 1.79. The molecule has 1 rings (SSSR count). The van der Waals surface area contributed by atoms with E-state index in [1.54, 1.807) is 20.0 Å². The van der Waals surface area contributed by atoms with Gasteiger partial charge in [0.05, 0.1) is 6.54 Å². The number of nitrogens with zero attached hydrogens (tertiary/aromatic N) is 1. The van der Waals surface area contributed by atoms with Crippen LogP contribution in [0.1, 0.15) is 19.6 Å². The molecule has 0 saturated heterocycles. The summed E-state index contributed by atoms with van der Waals surface area (Å²) in [7, 11) is -1.92. The highest BCUT2D eigenvalue weighted by Gasteiger charge is 2.25. The van der Waals surface area contributed by atoms with Crippen LogP contribution in [0.15, 0.2) is 20.0 Å². The fourth-order valence-electron chi connectivity index (χ4n) is 1.25. The van der Waals surface area contributed by atoms with Gasteiger partial charge < -0.3 is 9.73 Å². The summed E-state index contributed by atoms with van der Waals surface area (Å²) in [6.45, 7) is 5.49. The summed E-state index contributed by atoms with van der Waals surface area (Å²) >= 11 is 3.14. The molecular formula is C10H17BrN2O3S. The van der Waals surface area contributed by atoms with Crippen molar-refractivity contribution in [2.24, 2.45) is 0 Å². The number of halogens is 1. The van der Waals surface area contributed by atoms with Gasteiger partial charge in [-0.3, -0.25) is 0 Å². The summed E-state index contributed by atoms with van der Waals surface area (Å²) in [6.07, 6.45) is 0. The van der Waals surface area contributed by atoms with Crippen LogP contribution < -0.4 is 5.32 Å². The Hall–Kier alpha value is -0.370. The average Bonchev–Trinajstić information content (AvgIpc) is 2.67. The Kier molecular flexibility index (Phi) is 5.18. The van der Waals surface area contributed by atoms with Crippen LogP contribution in [0.4, 0.5) is 0 Å². The van der Waals surface area contributed by atoms with E-state index in [9.17, 15) is 8.42 Å². The Morgan fingerprint density at radius 3 is 2.65 bits per heavy atom. The van der Waals surface area contributed by atoms with Crippen LogP contribution in [0.25, 0.3) is 0 Å². The summed E-state index contributed by atoms with van der Waals surface area (Å²) in [4.78, 5) is 0.176. The maximum absolute atomic E-state index is 12.1. The molecule has 0 atom stereocenters. The first-order valence-corrected chi connectivity index (χ1v) is 7.62. The van der Waals surface area contributed by atoms with E-state index in [2.05, 4.69) is 21.2 Å². The molecule has 0 bridgehead atoms. The number of rotatable bonds is 6. The molecule has 1 aromatic rings. The van der Waals surface area contributed by atoms with Gasteiger partial charge in [0.2, 0.25) is 10.0 Å². The van der Waals surface area contributed by atoms with Gasteiger partial charge in [-0.2, -0.15) is 0 Å². The molecule has 7 heteroatoms. The normalized spacial score (nSPS) is 12.3. The second kappa shape index (κ2) is 5.99.